The number of hydrogen-bond donors (Lipinski definition) is 0. The van der Waals surface area contributed by atoms with E-state index in [2.05, 4.69) is 9.98 Å². The predicted octanol–water partition coefficient (Wildman–Crippen LogP) is 4.99. The Balaban J connectivity index is 1.82. The maximum absolute atomic E-state index is 12.9. The van der Waals surface area contributed by atoms with Crippen molar-refractivity contribution in [2.75, 3.05) is 11.4 Å². The van der Waals surface area contributed by atoms with Crippen LogP contribution >= 0.6 is 0 Å². The van der Waals surface area contributed by atoms with E-state index in [0.717, 1.165) is 34.6 Å². The number of aryl methyl sites for hydroxylation is 1. The van der Waals surface area contributed by atoms with Gasteiger partial charge in [-0.15, -0.1) is 0 Å². The van der Waals surface area contributed by atoms with E-state index in [1.807, 2.05) is 47.6 Å². The Morgan fingerprint density at radius 1 is 0.963 bits per heavy atom. The first kappa shape index (κ1) is 17.3. The number of para-hydroxylation sites is 2. The standard InChI is InChI=1S/C20H17F3N4/c1-13-11-24-19(27-14(2)25-17-5-3-4-6-18(17)27)26(12-13)16-9-7-15(8-10-16)20(21,22)23/h3-11H,12H2,1-2H3. The summed E-state index contributed by atoms with van der Waals surface area (Å²) < 4.78 is 40.6. The summed E-state index contributed by atoms with van der Waals surface area (Å²) in [5.74, 6) is 1.38. The minimum Gasteiger partial charge on any atom is -0.307 e. The van der Waals surface area contributed by atoms with E-state index >= 15 is 0 Å². The van der Waals surface area contributed by atoms with Gasteiger partial charge in [0.2, 0.25) is 5.96 Å². The van der Waals surface area contributed by atoms with E-state index < -0.39 is 11.7 Å². The SMILES string of the molecule is CC1=CN=C(n2c(C)nc3ccccc32)N(c2ccc(C(F)(F)F)cc2)C1. The molecule has 1 aromatic heterocycles. The van der Waals surface area contributed by atoms with Crippen LogP contribution in [0.25, 0.3) is 11.0 Å². The van der Waals surface area contributed by atoms with Crippen molar-refractivity contribution >= 4 is 22.7 Å². The Hall–Kier alpha value is -3.09. The fourth-order valence-electron chi connectivity index (χ4n) is 3.21. The van der Waals surface area contributed by atoms with Crippen molar-refractivity contribution in [2.24, 2.45) is 4.99 Å². The number of aromatic nitrogens is 2. The summed E-state index contributed by atoms with van der Waals surface area (Å²) in [6.07, 6.45) is -2.57. The normalized spacial score (nSPS) is 15.1. The molecule has 0 spiro atoms. The number of fused-ring (bicyclic) bond motifs is 1. The minimum atomic E-state index is -4.36. The number of imidazole rings is 1. The van der Waals surface area contributed by atoms with E-state index in [0.29, 0.717) is 18.2 Å². The third-order valence-electron chi connectivity index (χ3n) is 4.48. The molecule has 0 aliphatic carbocycles. The fourth-order valence-corrected chi connectivity index (χ4v) is 3.21. The van der Waals surface area contributed by atoms with Gasteiger partial charge in [-0.25, -0.2) is 9.98 Å². The molecule has 2 heterocycles. The van der Waals surface area contributed by atoms with Gasteiger partial charge in [0.1, 0.15) is 5.82 Å². The number of rotatable bonds is 1. The second-order valence-electron chi connectivity index (χ2n) is 6.52. The molecule has 1 aliphatic rings. The number of benzene rings is 2. The molecule has 3 aromatic rings. The van der Waals surface area contributed by atoms with Crippen molar-refractivity contribution < 1.29 is 13.2 Å². The molecule has 2 aromatic carbocycles. The number of aliphatic imine (C=N–C) groups is 1. The average molecular weight is 370 g/mol. The summed E-state index contributed by atoms with van der Waals surface area (Å²) in [6.45, 7) is 4.37. The molecule has 0 amide bonds. The lowest BCUT2D eigenvalue weighted by Gasteiger charge is -2.30. The van der Waals surface area contributed by atoms with Crippen LogP contribution in [-0.2, 0) is 6.18 Å². The third kappa shape index (κ3) is 3.09. The lowest BCUT2D eigenvalue weighted by atomic mass is 10.1. The number of alkyl halides is 3. The second-order valence-corrected chi connectivity index (χ2v) is 6.52. The average Bonchev–Trinajstić information content (AvgIpc) is 2.97. The van der Waals surface area contributed by atoms with Gasteiger partial charge in [-0.2, -0.15) is 13.2 Å². The zero-order valence-electron chi connectivity index (χ0n) is 14.8. The monoisotopic (exact) mass is 370 g/mol. The Labute approximate surface area is 154 Å². The van der Waals surface area contributed by atoms with Crippen molar-refractivity contribution in [3.8, 4) is 0 Å². The van der Waals surface area contributed by atoms with E-state index in [9.17, 15) is 13.2 Å². The third-order valence-corrected chi connectivity index (χ3v) is 4.48. The van der Waals surface area contributed by atoms with Crippen molar-refractivity contribution in [3.05, 3.63) is 71.7 Å². The summed E-state index contributed by atoms with van der Waals surface area (Å²) in [5, 5.41) is 0. The second kappa shape index (κ2) is 6.26. The fraction of sp³-hybridized carbons (Fsp3) is 0.200. The largest absolute Gasteiger partial charge is 0.416 e. The number of hydrogen-bond acceptors (Lipinski definition) is 3. The Morgan fingerprint density at radius 3 is 2.37 bits per heavy atom. The van der Waals surface area contributed by atoms with E-state index in [1.54, 1.807) is 6.20 Å². The maximum Gasteiger partial charge on any atom is 0.416 e. The zero-order chi connectivity index (χ0) is 19.2. The molecule has 0 saturated carbocycles. The summed E-state index contributed by atoms with van der Waals surface area (Å²) >= 11 is 0. The van der Waals surface area contributed by atoms with E-state index in [1.165, 1.54) is 12.1 Å². The van der Waals surface area contributed by atoms with E-state index in [-0.39, 0.29) is 0 Å². The van der Waals surface area contributed by atoms with Crippen LogP contribution in [-0.4, -0.2) is 22.1 Å². The lowest BCUT2D eigenvalue weighted by Crippen LogP contribution is -2.39. The van der Waals surface area contributed by atoms with Crippen LogP contribution in [0.15, 0.2) is 65.3 Å². The van der Waals surface area contributed by atoms with Crippen molar-refractivity contribution in [3.63, 3.8) is 0 Å². The van der Waals surface area contributed by atoms with Gasteiger partial charge in [0, 0.05) is 18.4 Å². The molecule has 0 unspecified atom stereocenters. The molecule has 0 atom stereocenters. The van der Waals surface area contributed by atoms with Gasteiger partial charge in [0.25, 0.3) is 0 Å². The Kier molecular flexibility index (Phi) is 4.02. The molecule has 0 N–H and O–H groups in total. The lowest BCUT2D eigenvalue weighted by molar-refractivity contribution is -0.137. The summed E-state index contributed by atoms with van der Waals surface area (Å²) in [7, 11) is 0. The van der Waals surface area contributed by atoms with Crippen molar-refractivity contribution in [1.29, 1.82) is 0 Å². The molecule has 27 heavy (non-hydrogen) atoms. The number of anilines is 1. The highest BCUT2D eigenvalue weighted by molar-refractivity contribution is 6.04. The van der Waals surface area contributed by atoms with Gasteiger partial charge in [-0.1, -0.05) is 12.1 Å². The van der Waals surface area contributed by atoms with Gasteiger partial charge >= 0.3 is 6.18 Å². The Bertz CT molecular complexity index is 1060. The molecule has 4 rings (SSSR count). The summed E-state index contributed by atoms with van der Waals surface area (Å²) in [5.41, 5.74) is 2.74. The highest BCUT2D eigenvalue weighted by Gasteiger charge is 2.30. The molecule has 7 heteroatoms. The first-order chi connectivity index (χ1) is 12.8. The summed E-state index contributed by atoms with van der Waals surface area (Å²) in [4.78, 5) is 11.0. The highest BCUT2D eigenvalue weighted by Crippen LogP contribution is 2.31. The molecule has 0 fully saturated rings. The molecular formula is C20H17F3N4. The topological polar surface area (TPSA) is 33.4 Å². The van der Waals surface area contributed by atoms with Gasteiger partial charge in [-0.3, -0.25) is 4.57 Å². The van der Waals surface area contributed by atoms with Crippen LogP contribution < -0.4 is 4.90 Å². The molecule has 1 aliphatic heterocycles. The molecule has 138 valence electrons. The highest BCUT2D eigenvalue weighted by atomic mass is 19.4. The predicted molar refractivity (Wildman–Crippen MR) is 99.9 cm³/mol. The van der Waals surface area contributed by atoms with Gasteiger partial charge < -0.3 is 4.90 Å². The van der Waals surface area contributed by atoms with Crippen LogP contribution in [0.4, 0.5) is 18.9 Å². The van der Waals surface area contributed by atoms with E-state index in [4.69, 9.17) is 0 Å². The molecule has 4 nitrogen and oxygen atoms in total. The van der Waals surface area contributed by atoms with Crippen LogP contribution in [0, 0.1) is 6.92 Å². The first-order valence-corrected chi connectivity index (χ1v) is 8.47. The molecular weight excluding hydrogens is 353 g/mol. The van der Waals surface area contributed by atoms with Crippen LogP contribution in [0.1, 0.15) is 18.3 Å². The van der Waals surface area contributed by atoms with Gasteiger partial charge in [0.15, 0.2) is 0 Å². The van der Waals surface area contributed by atoms with Crippen LogP contribution in [0.3, 0.4) is 0 Å². The van der Waals surface area contributed by atoms with Crippen LogP contribution in [0.2, 0.25) is 0 Å². The minimum absolute atomic E-state index is 0.538. The van der Waals surface area contributed by atoms with Gasteiger partial charge in [-0.05, 0) is 55.8 Å². The smallest absolute Gasteiger partial charge is 0.307 e. The maximum atomic E-state index is 12.9. The number of halogens is 3. The van der Waals surface area contributed by atoms with Crippen molar-refractivity contribution in [1.82, 2.24) is 9.55 Å². The van der Waals surface area contributed by atoms with Gasteiger partial charge in [0.05, 0.1) is 16.6 Å². The summed E-state index contributed by atoms with van der Waals surface area (Å²) in [6, 6.07) is 12.9. The van der Waals surface area contributed by atoms with Crippen molar-refractivity contribution in [2.45, 2.75) is 20.0 Å². The first-order valence-electron chi connectivity index (χ1n) is 8.47. The molecule has 0 saturated heterocycles. The Morgan fingerprint density at radius 2 is 1.67 bits per heavy atom. The number of nitrogens with zero attached hydrogens (tertiary/aromatic N) is 4. The van der Waals surface area contributed by atoms with Crippen LogP contribution in [0.5, 0.6) is 0 Å². The quantitative estimate of drug-likeness (QED) is 0.605. The zero-order valence-corrected chi connectivity index (χ0v) is 14.8. The molecule has 0 radical (unpaired) electrons. The molecule has 0 bridgehead atoms.